The number of rotatable bonds is 6. The van der Waals surface area contributed by atoms with Crippen LogP contribution in [0.1, 0.15) is 68.5 Å². The van der Waals surface area contributed by atoms with Crippen molar-refractivity contribution in [2.45, 2.75) is 76.1 Å². The number of carbonyl (C=O) groups excluding carboxylic acids is 3. The van der Waals surface area contributed by atoms with Crippen LogP contribution in [0.5, 0.6) is 0 Å². The topological polar surface area (TPSA) is 146 Å². The van der Waals surface area contributed by atoms with Crippen molar-refractivity contribution in [1.29, 1.82) is 0 Å². The summed E-state index contributed by atoms with van der Waals surface area (Å²) in [5.74, 6) is -2.49. The van der Waals surface area contributed by atoms with E-state index >= 15 is 0 Å². The van der Waals surface area contributed by atoms with Gasteiger partial charge >= 0.3 is 12.2 Å². The summed E-state index contributed by atoms with van der Waals surface area (Å²) in [6, 6.07) is 19.5. The predicted octanol–water partition coefficient (Wildman–Crippen LogP) is 8.41. The first kappa shape index (κ1) is 37.2. The van der Waals surface area contributed by atoms with Crippen LogP contribution in [0.15, 0.2) is 72.9 Å². The molecule has 3 aliphatic rings. The van der Waals surface area contributed by atoms with Crippen LogP contribution in [0.3, 0.4) is 0 Å². The van der Waals surface area contributed by atoms with E-state index in [2.05, 4.69) is 20.3 Å². The number of halogens is 3. The van der Waals surface area contributed by atoms with Gasteiger partial charge in [-0.2, -0.15) is 0 Å². The molecular weight excluding hydrogens is 744 g/mol. The quantitative estimate of drug-likeness (QED) is 0.157. The molecule has 12 nitrogen and oxygen atoms in total. The van der Waals surface area contributed by atoms with Crippen LogP contribution >= 0.6 is 11.6 Å². The van der Waals surface area contributed by atoms with E-state index in [1.54, 1.807) is 31.9 Å². The number of imidazole rings is 2. The Kier molecular flexibility index (Phi) is 9.34. The van der Waals surface area contributed by atoms with Crippen LogP contribution in [-0.4, -0.2) is 74.1 Å². The van der Waals surface area contributed by atoms with Crippen molar-refractivity contribution in [1.82, 2.24) is 30.2 Å². The lowest BCUT2D eigenvalue weighted by Crippen LogP contribution is -2.48. The highest BCUT2D eigenvalue weighted by molar-refractivity contribution is 6.31. The van der Waals surface area contributed by atoms with Gasteiger partial charge in [-0.1, -0.05) is 78.3 Å². The number of H-pyrrole nitrogens is 2. The summed E-state index contributed by atoms with van der Waals surface area (Å²) < 4.78 is 39.3. The first-order chi connectivity index (χ1) is 26.7. The van der Waals surface area contributed by atoms with Gasteiger partial charge in [0.2, 0.25) is 5.91 Å². The van der Waals surface area contributed by atoms with Crippen molar-refractivity contribution in [3.8, 4) is 33.6 Å². The number of anilines is 1. The van der Waals surface area contributed by atoms with Gasteiger partial charge in [0, 0.05) is 18.4 Å². The Balaban J connectivity index is 0.982. The van der Waals surface area contributed by atoms with Gasteiger partial charge < -0.3 is 24.8 Å². The molecule has 56 heavy (non-hydrogen) atoms. The Labute approximate surface area is 326 Å². The van der Waals surface area contributed by atoms with Gasteiger partial charge in [-0.15, -0.1) is 0 Å². The average Bonchev–Trinajstić information content (AvgIpc) is 3.94. The third kappa shape index (κ3) is 7.09. The van der Waals surface area contributed by atoms with E-state index in [9.17, 15) is 23.2 Å². The average molecular weight is 784 g/mol. The second-order valence-electron chi connectivity index (χ2n) is 15.4. The number of likely N-dealkylation sites (tertiary alicyclic amines) is 1. The number of aromatic nitrogens is 4. The van der Waals surface area contributed by atoms with Crippen LogP contribution in [-0.2, 0) is 27.1 Å². The lowest BCUT2D eigenvalue weighted by molar-refractivity contribution is -0.121. The molecule has 290 valence electrons. The molecule has 0 unspecified atom stereocenters. The molecule has 5 heterocycles. The summed E-state index contributed by atoms with van der Waals surface area (Å²) in [5, 5.41) is 2.82. The zero-order valence-corrected chi connectivity index (χ0v) is 31.9. The van der Waals surface area contributed by atoms with Gasteiger partial charge in [0.25, 0.3) is 5.92 Å². The van der Waals surface area contributed by atoms with E-state index in [1.165, 1.54) is 7.11 Å². The number of ether oxygens (including phenoxy) is 2. The summed E-state index contributed by atoms with van der Waals surface area (Å²) in [6.07, 6.45) is 1.37. The number of aromatic amines is 2. The molecule has 0 radical (unpaired) electrons. The second kappa shape index (κ2) is 14.1. The van der Waals surface area contributed by atoms with Gasteiger partial charge in [0.15, 0.2) is 5.15 Å². The van der Waals surface area contributed by atoms with Crippen LogP contribution in [0.2, 0.25) is 5.15 Å². The summed E-state index contributed by atoms with van der Waals surface area (Å²) in [5.41, 5.74) is 6.90. The van der Waals surface area contributed by atoms with E-state index in [0.717, 1.165) is 44.1 Å². The third-order valence-corrected chi connectivity index (χ3v) is 10.7. The van der Waals surface area contributed by atoms with E-state index in [0.29, 0.717) is 36.3 Å². The minimum absolute atomic E-state index is 0.107. The van der Waals surface area contributed by atoms with E-state index in [4.69, 9.17) is 26.1 Å². The number of hydrogen-bond donors (Lipinski definition) is 3. The van der Waals surface area contributed by atoms with Crippen molar-refractivity contribution in [3.05, 3.63) is 101 Å². The highest BCUT2D eigenvalue weighted by Crippen LogP contribution is 2.45. The maximum atomic E-state index is 14.6. The Bertz CT molecular complexity index is 2320. The van der Waals surface area contributed by atoms with E-state index < -0.39 is 48.8 Å². The number of benzene rings is 3. The number of amides is 3. The third-order valence-electron chi connectivity index (χ3n) is 10.4. The molecule has 3 atom stereocenters. The molecule has 1 saturated heterocycles. The normalized spacial score (nSPS) is 20.1. The molecular formula is C41H40ClF2N7O5. The van der Waals surface area contributed by atoms with Crippen LogP contribution in [0.25, 0.3) is 33.6 Å². The lowest BCUT2D eigenvalue weighted by atomic mass is 10.0. The lowest BCUT2D eigenvalue weighted by Gasteiger charge is -2.27. The molecule has 3 aliphatic heterocycles. The maximum absolute atomic E-state index is 14.6. The van der Waals surface area contributed by atoms with Gasteiger partial charge in [0.1, 0.15) is 23.3 Å². The zero-order chi connectivity index (χ0) is 39.5. The molecule has 0 aliphatic carbocycles. The number of methoxy groups -OCH3 is 1. The Morgan fingerprint density at radius 1 is 0.929 bits per heavy atom. The number of alkyl halides is 2. The molecule has 8 rings (SSSR count). The summed E-state index contributed by atoms with van der Waals surface area (Å²) >= 11 is 6.52. The van der Waals surface area contributed by atoms with Crippen LogP contribution < -0.4 is 10.2 Å². The second-order valence-corrected chi connectivity index (χ2v) is 15.7. The van der Waals surface area contributed by atoms with Crippen molar-refractivity contribution in [2.75, 3.05) is 18.6 Å². The largest absolute Gasteiger partial charge is 0.453 e. The monoisotopic (exact) mass is 783 g/mol. The molecule has 0 spiro atoms. The highest BCUT2D eigenvalue weighted by atomic mass is 35.5. The summed E-state index contributed by atoms with van der Waals surface area (Å²) in [7, 11) is 1.28. The first-order valence-electron chi connectivity index (χ1n) is 18.4. The van der Waals surface area contributed by atoms with Gasteiger partial charge in [-0.25, -0.2) is 28.3 Å². The van der Waals surface area contributed by atoms with Gasteiger partial charge in [0.05, 0.1) is 49.0 Å². The molecule has 15 heteroatoms. The minimum atomic E-state index is -3.10. The van der Waals surface area contributed by atoms with Crippen molar-refractivity contribution >= 4 is 35.4 Å². The smallest absolute Gasteiger partial charge is 0.411 e. The summed E-state index contributed by atoms with van der Waals surface area (Å²) in [6.45, 7) is 4.26. The molecule has 3 amide bonds. The zero-order valence-electron chi connectivity index (χ0n) is 31.2. The molecule has 3 aromatic carbocycles. The number of hydrogen-bond acceptors (Lipinski definition) is 7. The van der Waals surface area contributed by atoms with E-state index in [-0.39, 0.29) is 22.9 Å². The number of nitrogens with zero attached hydrogens (tertiary/aromatic N) is 4. The number of nitrogens with one attached hydrogen (secondary N) is 3. The fourth-order valence-corrected chi connectivity index (χ4v) is 8.05. The Hall–Kier alpha value is -5.76. The molecule has 1 fully saturated rings. The number of carbonyl (C=O) groups is 3. The minimum Gasteiger partial charge on any atom is -0.453 e. The van der Waals surface area contributed by atoms with Gasteiger partial charge in [-0.05, 0) is 61.4 Å². The molecule has 0 bridgehead atoms. The summed E-state index contributed by atoms with van der Waals surface area (Å²) in [4.78, 5) is 57.2. The van der Waals surface area contributed by atoms with E-state index in [1.807, 2.05) is 66.7 Å². The van der Waals surface area contributed by atoms with Gasteiger partial charge in [-0.3, -0.25) is 14.6 Å². The number of para-hydroxylation sites is 1. The van der Waals surface area contributed by atoms with Crippen LogP contribution in [0.4, 0.5) is 24.1 Å². The predicted molar refractivity (Wildman–Crippen MR) is 205 cm³/mol. The molecule has 0 saturated carbocycles. The molecule has 3 N–H and O–H groups in total. The Morgan fingerprint density at radius 3 is 2.27 bits per heavy atom. The van der Waals surface area contributed by atoms with Crippen LogP contribution in [0, 0.1) is 0 Å². The Morgan fingerprint density at radius 2 is 1.59 bits per heavy atom. The molecule has 5 aromatic rings. The van der Waals surface area contributed by atoms with Crippen molar-refractivity contribution in [3.63, 3.8) is 0 Å². The molecule has 2 aromatic heterocycles. The fourth-order valence-electron chi connectivity index (χ4n) is 7.80. The standard InChI is InChI=1S/C41H40ClF2N7O5/c1-40(2,3)56-39(54)50-21-41(43,44)19-31(50)36-48-32(34(42)49-36)25-14-10-23(11-15-25)22-8-12-24(13-9-22)29-20-45-35(46-29)30-18-27-7-5-6-26-16-17-28(47-38(53)55-4)37(52)51(30)33(26)27/h5-15,20,28,30-31H,16-19,21H2,1-4H3,(H,45,46)(H,47,53)(H,48,49)/t28-,30-,31-/m0/s1. The van der Waals surface area contributed by atoms with Crippen molar-refractivity contribution < 1.29 is 32.6 Å². The van der Waals surface area contributed by atoms with Crippen molar-refractivity contribution in [2.24, 2.45) is 0 Å². The fraction of sp³-hybridized carbons (Fsp3) is 0.341. The highest BCUT2D eigenvalue weighted by Gasteiger charge is 2.50. The number of aryl methyl sites for hydroxylation is 1. The SMILES string of the molecule is COC(=O)N[C@H]1CCc2cccc3c2N(C1=O)[C@H](c1ncc(-c2ccc(-c4ccc(-c5[nH]c([C@@H]6CC(F)(F)CN6C(=O)OC(C)(C)C)nc5Cl)cc4)cc2)[nH]1)C3. The number of alkyl carbamates (subject to hydrolysis) is 1. The maximum Gasteiger partial charge on any atom is 0.411 e. The first-order valence-corrected chi connectivity index (χ1v) is 18.7.